The van der Waals surface area contributed by atoms with Crippen molar-refractivity contribution in [1.82, 2.24) is 0 Å². The summed E-state index contributed by atoms with van der Waals surface area (Å²) in [7, 11) is 0. The van der Waals surface area contributed by atoms with E-state index in [4.69, 9.17) is 44.8 Å². The summed E-state index contributed by atoms with van der Waals surface area (Å²) >= 11 is 5.63. The minimum atomic E-state index is -0.348. The molecule has 0 spiro atoms. The number of carbonyl (C=O) groups is 1. The van der Waals surface area contributed by atoms with Crippen LogP contribution in [0, 0.1) is 0 Å². The van der Waals surface area contributed by atoms with Crippen molar-refractivity contribution in [3.63, 3.8) is 0 Å². The van der Waals surface area contributed by atoms with E-state index in [1.807, 2.05) is 6.07 Å². The Hall–Kier alpha value is -1.26. The minimum absolute atomic E-state index is 0.214. The molecule has 0 heterocycles. The van der Waals surface area contributed by atoms with Crippen molar-refractivity contribution in [3.8, 4) is 0 Å². The van der Waals surface area contributed by atoms with Gasteiger partial charge >= 0.3 is 5.97 Å². The van der Waals surface area contributed by atoms with Gasteiger partial charge in [0.05, 0.1) is 78.2 Å². The Morgan fingerprint density at radius 2 is 0.941 bits per heavy atom. The van der Waals surface area contributed by atoms with Crippen LogP contribution in [-0.4, -0.2) is 97.7 Å². The van der Waals surface area contributed by atoms with Crippen LogP contribution in [0.3, 0.4) is 0 Å². The number of rotatable bonds is 25. The molecule has 0 unspecified atom stereocenters. The van der Waals surface area contributed by atoms with E-state index in [9.17, 15) is 4.79 Å². The molecule has 0 fully saturated rings. The molecule has 0 N–H and O–H groups in total. The second kappa shape index (κ2) is 24.9. The molecule has 1 aromatic rings. The quantitative estimate of drug-likeness (QED) is 0.113. The second-order valence-electron chi connectivity index (χ2n) is 7.28. The van der Waals surface area contributed by atoms with E-state index in [1.165, 1.54) is 12.8 Å². The molecule has 0 radical (unpaired) electrons. The van der Waals surface area contributed by atoms with Crippen molar-refractivity contribution in [2.75, 3.05) is 91.8 Å². The predicted molar refractivity (Wildman–Crippen MR) is 131 cm³/mol. The SMILES string of the molecule is O=C(OCCOCCOCCOCCOCCOCCOCCCCCCCl)c1ccccc1. The Labute approximate surface area is 209 Å². The smallest absolute Gasteiger partial charge is 0.338 e. The number of carbonyl (C=O) groups excluding carboxylic acids is 1. The third-order valence-electron chi connectivity index (χ3n) is 4.50. The van der Waals surface area contributed by atoms with Crippen LogP contribution in [-0.2, 0) is 33.2 Å². The van der Waals surface area contributed by atoms with Crippen molar-refractivity contribution in [2.24, 2.45) is 0 Å². The van der Waals surface area contributed by atoms with Gasteiger partial charge in [0.2, 0.25) is 0 Å². The first-order chi connectivity index (χ1) is 16.8. The molecule has 9 heteroatoms. The van der Waals surface area contributed by atoms with Gasteiger partial charge in [0, 0.05) is 12.5 Å². The molecule has 0 amide bonds. The number of hydrogen-bond acceptors (Lipinski definition) is 8. The molecule has 0 saturated carbocycles. The highest BCUT2D eigenvalue weighted by molar-refractivity contribution is 6.17. The van der Waals surface area contributed by atoms with Gasteiger partial charge in [0.1, 0.15) is 6.61 Å². The van der Waals surface area contributed by atoms with Crippen molar-refractivity contribution in [3.05, 3.63) is 35.9 Å². The van der Waals surface area contributed by atoms with Crippen LogP contribution in [0.1, 0.15) is 36.0 Å². The summed E-state index contributed by atoms with van der Waals surface area (Å²) in [5.74, 6) is 0.395. The number of hydrogen-bond donors (Lipinski definition) is 0. The summed E-state index contributed by atoms with van der Waals surface area (Å²) in [6, 6.07) is 8.87. The van der Waals surface area contributed by atoms with E-state index in [0.717, 1.165) is 25.3 Å². The molecule has 0 aliphatic heterocycles. The number of alkyl halides is 1. The summed E-state index contributed by atoms with van der Waals surface area (Å²) in [5.41, 5.74) is 0.533. The highest BCUT2D eigenvalue weighted by Crippen LogP contribution is 2.01. The third-order valence-corrected chi connectivity index (χ3v) is 4.77. The lowest BCUT2D eigenvalue weighted by atomic mass is 10.2. The zero-order valence-corrected chi connectivity index (χ0v) is 21.0. The van der Waals surface area contributed by atoms with Crippen molar-refractivity contribution >= 4 is 17.6 Å². The Kier molecular flexibility index (Phi) is 22.5. The first-order valence-electron chi connectivity index (χ1n) is 12.1. The van der Waals surface area contributed by atoms with E-state index >= 15 is 0 Å². The zero-order valence-electron chi connectivity index (χ0n) is 20.3. The lowest BCUT2D eigenvalue weighted by Crippen LogP contribution is -2.15. The average molecular weight is 505 g/mol. The van der Waals surface area contributed by atoms with Gasteiger partial charge in [0.25, 0.3) is 0 Å². The number of benzene rings is 1. The first-order valence-corrected chi connectivity index (χ1v) is 12.6. The average Bonchev–Trinajstić information content (AvgIpc) is 2.87. The van der Waals surface area contributed by atoms with E-state index in [-0.39, 0.29) is 12.6 Å². The number of unbranched alkanes of at least 4 members (excludes halogenated alkanes) is 3. The van der Waals surface area contributed by atoms with Gasteiger partial charge < -0.3 is 33.2 Å². The van der Waals surface area contributed by atoms with Gasteiger partial charge in [0.15, 0.2) is 0 Å². The molecule has 34 heavy (non-hydrogen) atoms. The van der Waals surface area contributed by atoms with Crippen molar-refractivity contribution in [1.29, 1.82) is 0 Å². The fraction of sp³-hybridized carbons (Fsp3) is 0.720. The van der Waals surface area contributed by atoms with Crippen LogP contribution in [0.2, 0.25) is 0 Å². The van der Waals surface area contributed by atoms with Crippen LogP contribution in [0.5, 0.6) is 0 Å². The highest BCUT2D eigenvalue weighted by atomic mass is 35.5. The number of esters is 1. The molecule has 0 aliphatic rings. The molecule has 0 bridgehead atoms. The maximum Gasteiger partial charge on any atom is 0.338 e. The maximum absolute atomic E-state index is 11.7. The van der Waals surface area contributed by atoms with Crippen LogP contribution in [0.4, 0.5) is 0 Å². The molecule has 1 rings (SSSR count). The molecule has 196 valence electrons. The monoisotopic (exact) mass is 504 g/mol. The molecule has 0 atom stereocenters. The lowest BCUT2D eigenvalue weighted by molar-refractivity contribution is -0.0194. The third kappa shape index (κ3) is 20.1. The predicted octanol–water partition coefficient (Wildman–Crippen LogP) is 3.74. The van der Waals surface area contributed by atoms with E-state index in [2.05, 4.69) is 0 Å². The summed E-state index contributed by atoms with van der Waals surface area (Å²) in [4.78, 5) is 11.7. The van der Waals surface area contributed by atoms with Crippen molar-refractivity contribution in [2.45, 2.75) is 25.7 Å². The molecule has 8 nitrogen and oxygen atoms in total. The van der Waals surface area contributed by atoms with Gasteiger partial charge in [-0.3, -0.25) is 0 Å². The molecular formula is C25H41ClO8. The second-order valence-corrected chi connectivity index (χ2v) is 7.66. The van der Waals surface area contributed by atoms with Crippen molar-refractivity contribution < 1.29 is 38.0 Å². The minimum Gasteiger partial charge on any atom is -0.460 e. The molecule has 0 saturated heterocycles. The molecule has 0 aliphatic carbocycles. The molecule has 1 aromatic carbocycles. The van der Waals surface area contributed by atoms with Gasteiger partial charge in [-0.05, 0) is 25.0 Å². The van der Waals surface area contributed by atoms with Crippen LogP contribution in [0.15, 0.2) is 30.3 Å². The normalized spacial score (nSPS) is 11.1. The topological polar surface area (TPSA) is 81.7 Å². The number of ether oxygens (including phenoxy) is 7. The zero-order chi connectivity index (χ0) is 24.4. The number of halogens is 1. The Balaban J connectivity index is 1.68. The van der Waals surface area contributed by atoms with Gasteiger partial charge in [-0.1, -0.05) is 31.0 Å². The Morgan fingerprint density at radius 3 is 1.41 bits per heavy atom. The summed E-state index contributed by atoms with van der Waals surface area (Å²) in [5, 5.41) is 0. The standard InChI is InChI=1S/C25H41ClO8/c26-10-6-1-2-7-11-28-12-13-29-14-15-30-16-17-31-18-19-32-20-21-33-22-23-34-25(27)24-8-4-3-5-9-24/h3-5,8-9H,1-2,6-7,10-23H2. The first kappa shape index (κ1) is 30.8. The summed E-state index contributed by atoms with van der Waals surface area (Å²) in [6.07, 6.45) is 4.49. The molecular weight excluding hydrogens is 464 g/mol. The van der Waals surface area contributed by atoms with Crippen LogP contribution >= 0.6 is 11.6 Å². The lowest BCUT2D eigenvalue weighted by Gasteiger charge is -2.08. The maximum atomic E-state index is 11.7. The largest absolute Gasteiger partial charge is 0.460 e. The summed E-state index contributed by atoms with van der Waals surface area (Å²) < 4.78 is 37.8. The van der Waals surface area contributed by atoms with E-state index < -0.39 is 0 Å². The van der Waals surface area contributed by atoms with Gasteiger partial charge in [-0.2, -0.15) is 0 Å². The fourth-order valence-electron chi connectivity index (χ4n) is 2.70. The fourth-order valence-corrected chi connectivity index (χ4v) is 2.89. The van der Waals surface area contributed by atoms with Gasteiger partial charge in [-0.15, -0.1) is 11.6 Å². The van der Waals surface area contributed by atoms with E-state index in [1.54, 1.807) is 24.3 Å². The highest BCUT2D eigenvalue weighted by Gasteiger charge is 2.05. The summed E-state index contributed by atoms with van der Waals surface area (Å²) in [6.45, 7) is 6.53. The molecule has 0 aromatic heterocycles. The Morgan fingerprint density at radius 1 is 0.529 bits per heavy atom. The van der Waals surface area contributed by atoms with E-state index in [0.29, 0.717) is 78.2 Å². The Bertz CT molecular complexity index is 561. The van der Waals surface area contributed by atoms with Crippen LogP contribution in [0.25, 0.3) is 0 Å². The van der Waals surface area contributed by atoms with Gasteiger partial charge in [-0.25, -0.2) is 4.79 Å². The van der Waals surface area contributed by atoms with Crippen LogP contribution < -0.4 is 0 Å².